The van der Waals surface area contributed by atoms with Crippen molar-refractivity contribution in [2.45, 2.75) is 26.2 Å². The van der Waals surface area contributed by atoms with Crippen LogP contribution in [0.1, 0.15) is 25.3 Å². The zero-order valence-corrected chi connectivity index (χ0v) is 8.69. The van der Waals surface area contributed by atoms with Gasteiger partial charge in [-0.2, -0.15) is 11.3 Å². The van der Waals surface area contributed by atoms with Crippen LogP contribution in [0.4, 0.5) is 0 Å². The molecule has 3 heteroatoms. The van der Waals surface area contributed by atoms with Crippen LogP contribution in [0.3, 0.4) is 0 Å². The molecule has 0 spiro atoms. The molecule has 1 rings (SSSR count). The molecule has 13 heavy (non-hydrogen) atoms. The molecule has 72 valence electrons. The van der Waals surface area contributed by atoms with Gasteiger partial charge in [0, 0.05) is 13.0 Å². The Balaban J connectivity index is 2.11. The van der Waals surface area contributed by atoms with Gasteiger partial charge in [-0.05, 0) is 35.2 Å². The minimum Gasteiger partial charge on any atom is -0.356 e. The summed E-state index contributed by atoms with van der Waals surface area (Å²) in [4.78, 5) is 11.1. The Morgan fingerprint density at radius 1 is 1.62 bits per heavy atom. The Labute approximate surface area is 83.0 Å². The molecule has 0 aliphatic heterocycles. The third-order valence-electron chi connectivity index (χ3n) is 1.79. The molecule has 0 saturated carbocycles. The van der Waals surface area contributed by atoms with Crippen molar-refractivity contribution in [1.29, 1.82) is 0 Å². The lowest BCUT2D eigenvalue weighted by Crippen LogP contribution is -2.24. The van der Waals surface area contributed by atoms with Crippen molar-refractivity contribution in [2.24, 2.45) is 0 Å². The third kappa shape index (κ3) is 4.08. The molecule has 0 bridgehead atoms. The van der Waals surface area contributed by atoms with Crippen LogP contribution in [0.15, 0.2) is 16.8 Å². The van der Waals surface area contributed by atoms with Crippen LogP contribution in [0, 0.1) is 0 Å². The molecular formula is C10H15NOS. The Bertz CT molecular complexity index is 243. The Morgan fingerprint density at radius 3 is 3.08 bits per heavy atom. The second-order valence-electron chi connectivity index (χ2n) is 2.98. The lowest BCUT2D eigenvalue weighted by atomic mass is 10.2. The van der Waals surface area contributed by atoms with E-state index >= 15 is 0 Å². The molecule has 0 aromatic carbocycles. The van der Waals surface area contributed by atoms with Gasteiger partial charge in [-0.15, -0.1) is 0 Å². The standard InChI is InChI=1S/C10H15NOS/c1-2-3-10(12)11-6-4-9-5-7-13-8-9/h5,7-8H,2-4,6H2,1H3,(H,11,12). The molecule has 1 aromatic rings. The van der Waals surface area contributed by atoms with Gasteiger partial charge in [0.15, 0.2) is 0 Å². The van der Waals surface area contributed by atoms with E-state index < -0.39 is 0 Å². The Hall–Kier alpha value is -0.830. The second-order valence-corrected chi connectivity index (χ2v) is 3.76. The topological polar surface area (TPSA) is 29.1 Å². The van der Waals surface area contributed by atoms with Gasteiger partial charge in [0.1, 0.15) is 0 Å². The van der Waals surface area contributed by atoms with Gasteiger partial charge in [-0.25, -0.2) is 0 Å². The highest BCUT2D eigenvalue weighted by molar-refractivity contribution is 7.07. The van der Waals surface area contributed by atoms with Gasteiger partial charge < -0.3 is 5.32 Å². The van der Waals surface area contributed by atoms with E-state index in [0.717, 1.165) is 19.4 Å². The first-order valence-corrected chi connectivity index (χ1v) is 5.55. The van der Waals surface area contributed by atoms with Gasteiger partial charge in [-0.1, -0.05) is 6.92 Å². The summed E-state index contributed by atoms with van der Waals surface area (Å²) in [5.41, 5.74) is 1.31. The average Bonchev–Trinajstić information content (AvgIpc) is 2.57. The molecule has 1 heterocycles. The predicted octanol–water partition coefficient (Wildman–Crippen LogP) is 2.21. The van der Waals surface area contributed by atoms with E-state index in [-0.39, 0.29) is 5.91 Å². The summed E-state index contributed by atoms with van der Waals surface area (Å²) in [6.07, 6.45) is 2.51. The summed E-state index contributed by atoms with van der Waals surface area (Å²) in [6, 6.07) is 2.09. The van der Waals surface area contributed by atoms with Crippen LogP contribution in [-0.2, 0) is 11.2 Å². The molecule has 0 atom stereocenters. The number of hydrogen-bond donors (Lipinski definition) is 1. The SMILES string of the molecule is CCCC(=O)NCCc1ccsc1. The van der Waals surface area contributed by atoms with Crippen LogP contribution < -0.4 is 5.32 Å². The summed E-state index contributed by atoms with van der Waals surface area (Å²) in [6.45, 7) is 2.77. The Morgan fingerprint density at radius 2 is 2.46 bits per heavy atom. The lowest BCUT2D eigenvalue weighted by molar-refractivity contribution is -0.121. The fraction of sp³-hybridized carbons (Fsp3) is 0.500. The fourth-order valence-electron chi connectivity index (χ4n) is 1.10. The maximum Gasteiger partial charge on any atom is 0.219 e. The van der Waals surface area contributed by atoms with E-state index in [1.807, 2.05) is 6.92 Å². The molecule has 0 radical (unpaired) electrons. The zero-order chi connectivity index (χ0) is 9.52. The molecule has 1 N–H and O–H groups in total. The molecule has 1 amide bonds. The van der Waals surface area contributed by atoms with Crippen LogP contribution in [0.5, 0.6) is 0 Å². The van der Waals surface area contributed by atoms with E-state index in [4.69, 9.17) is 0 Å². The maximum absolute atomic E-state index is 11.1. The molecule has 0 unspecified atom stereocenters. The van der Waals surface area contributed by atoms with Crippen LogP contribution in [0.2, 0.25) is 0 Å². The molecule has 1 aromatic heterocycles. The van der Waals surface area contributed by atoms with Crippen molar-refractivity contribution in [1.82, 2.24) is 5.32 Å². The first-order valence-electron chi connectivity index (χ1n) is 4.60. The highest BCUT2D eigenvalue weighted by Crippen LogP contribution is 2.05. The number of hydrogen-bond acceptors (Lipinski definition) is 2. The normalized spacial score (nSPS) is 9.92. The van der Waals surface area contributed by atoms with Gasteiger partial charge in [0.2, 0.25) is 5.91 Å². The monoisotopic (exact) mass is 197 g/mol. The van der Waals surface area contributed by atoms with E-state index in [1.165, 1.54) is 5.56 Å². The van der Waals surface area contributed by atoms with Crippen LogP contribution in [-0.4, -0.2) is 12.5 Å². The number of amides is 1. The number of thiophene rings is 1. The Kier molecular flexibility index (Phi) is 4.54. The predicted molar refractivity (Wildman–Crippen MR) is 55.9 cm³/mol. The first-order chi connectivity index (χ1) is 6.33. The van der Waals surface area contributed by atoms with Crippen molar-refractivity contribution in [2.75, 3.05) is 6.54 Å². The van der Waals surface area contributed by atoms with Crippen molar-refractivity contribution in [3.05, 3.63) is 22.4 Å². The lowest BCUT2D eigenvalue weighted by Gasteiger charge is -2.02. The van der Waals surface area contributed by atoms with Crippen molar-refractivity contribution < 1.29 is 4.79 Å². The molecule has 0 saturated heterocycles. The van der Waals surface area contributed by atoms with Crippen molar-refractivity contribution in [3.63, 3.8) is 0 Å². The van der Waals surface area contributed by atoms with Gasteiger partial charge >= 0.3 is 0 Å². The zero-order valence-electron chi connectivity index (χ0n) is 7.88. The summed E-state index contributed by atoms with van der Waals surface area (Å²) in [7, 11) is 0. The number of rotatable bonds is 5. The van der Waals surface area contributed by atoms with E-state index in [9.17, 15) is 4.79 Å². The summed E-state index contributed by atoms with van der Waals surface area (Å²) in [5.74, 6) is 0.165. The van der Waals surface area contributed by atoms with Crippen molar-refractivity contribution >= 4 is 17.2 Å². The number of carbonyl (C=O) groups is 1. The molecule has 0 fully saturated rings. The van der Waals surface area contributed by atoms with E-state index in [2.05, 4.69) is 22.1 Å². The largest absolute Gasteiger partial charge is 0.356 e. The molecule has 0 aliphatic rings. The molecular weight excluding hydrogens is 182 g/mol. The fourth-order valence-corrected chi connectivity index (χ4v) is 1.80. The molecule has 0 aliphatic carbocycles. The number of carbonyl (C=O) groups excluding carboxylic acids is 1. The van der Waals surface area contributed by atoms with E-state index in [0.29, 0.717) is 6.42 Å². The third-order valence-corrected chi connectivity index (χ3v) is 2.53. The highest BCUT2D eigenvalue weighted by atomic mass is 32.1. The number of nitrogens with one attached hydrogen (secondary N) is 1. The maximum atomic E-state index is 11.1. The second kappa shape index (κ2) is 5.75. The summed E-state index contributed by atoms with van der Waals surface area (Å²) >= 11 is 1.70. The first kappa shape index (κ1) is 10.3. The minimum absolute atomic E-state index is 0.165. The summed E-state index contributed by atoms with van der Waals surface area (Å²) in [5, 5.41) is 7.06. The quantitative estimate of drug-likeness (QED) is 0.770. The minimum atomic E-state index is 0.165. The van der Waals surface area contributed by atoms with Gasteiger partial charge in [0.25, 0.3) is 0 Å². The van der Waals surface area contributed by atoms with E-state index in [1.54, 1.807) is 11.3 Å². The molecule has 2 nitrogen and oxygen atoms in total. The van der Waals surface area contributed by atoms with Crippen molar-refractivity contribution in [3.8, 4) is 0 Å². The van der Waals surface area contributed by atoms with Crippen LogP contribution in [0.25, 0.3) is 0 Å². The smallest absolute Gasteiger partial charge is 0.219 e. The van der Waals surface area contributed by atoms with Gasteiger partial charge in [0.05, 0.1) is 0 Å². The summed E-state index contributed by atoms with van der Waals surface area (Å²) < 4.78 is 0. The van der Waals surface area contributed by atoms with Crippen LogP contribution >= 0.6 is 11.3 Å². The average molecular weight is 197 g/mol. The van der Waals surface area contributed by atoms with Gasteiger partial charge in [-0.3, -0.25) is 4.79 Å². The highest BCUT2D eigenvalue weighted by Gasteiger charge is 1.98.